The van der Waals surface area contributed by atoms with Crippen molar-refractivity contribution in [3.05, 3.63) is 59.2 Å². The third-order valence-electron chi connectivity index (χ3n) is 6.72. The first-order valence-corrected chi connectivity index (χ1v) is 12.6. The van der Waals surface area contributed by atoms with Crippen LogP contribution < -0.4 is 15.2 Å². The Balaban J connectivity index is 1.34. The Labute approximate surface area is 189 Å². The van der Waals surface area contributed by atoms with Crippen molar-refractivity contribution in [1.29, 1.82) is 0 Å². The molecule has 0 aromatic heterocycles. The summed E-state index contributed by atoms with van der Waals surface area (Å²) in [5, 5.41) is 0. The van der Waals surface area contributed by atoms with Crippen LogP contribution in [-0.4, -0.2) is 35.6 Å². The molecule has 2 aromatic rings. The molecule has 0 amide bonds. The zero-order valence-corrected chi connectivity index (χ0v) is 19.3. The van der Waals surface area contributed by atoms with Gasteiger partial charge in [-0.05, 0) is 79.2 Å². The van der Waals surface area contributed by atoms with Crippen LogP contribution in [0.15, 0.2) is 42.5 Å². The summed E-state index contributed by atoms with van der Waals surface area (Å²) in [6.45, 7) is 0.569. The second-order valence-electron chi connectivity index (χ2n) is 9.19. The quantitative estimate of drug-likeness (QED) is 0.511. The van der Waals surface area contributed by atoms with Crippen molar-refractivity contribution >= 4 is 7.82 Å². The molecule has 2 aliphatic rings. The van der Waals surface area contributed by atoms with E-state index >= 15 is 0 Å². The number of fused-ring (bicyclic) bond motifs is 1. The van der Waals surface area contributed by atoms with E-state index in [0.29, 0.717) is 31.3 Å². The van der Waals surface area contributed by atoms with Crippen LogP contribution in [0.3, 0.4) is 0 Å². The van der Waals surface area contributed by atoms with Crippen LogP contribution in [-0.2, 0) is 21.9 Å². The fourth-order valence-electron chi connectivity index (χ4n) is 4.94. The first kappa shape index (κ1) is 23.3. The number of ether oxygens (including phenoxy) is 2. The van der Waals surface area contributed by atoms with Gasteiger partial charge < -0.3 is 25.0 Å². The van der Waals surface area contributed by atoms with E-state index in [-0.39, 0.29) is 6.61 Å². The molecule has 2 aromatic carbocycles. The molecule has 174 valence electrons. The average Bonchev–Trinajstić information content (AvgIpc) is 3.18. The summed E-state index contributed by atoms with van der Waals surface area (Å²) in [7, 11) is -2.85. The van der Waals surface area contributed by atoms with Crippen molar-refractivity contribution in [3.8, 4) is 11.5 Å². The van der Waals surface area contributed by atoms with Crippen molar-refractivity contribution in [1.82, 2.24) is 0 Å². The lowest BCUT2D eigenvalue weighted by atomic mass is 9.82. The van der Waals surface area contributed by atoms with Gasteiger partial charge in [0, 0.05) is 11.6 Å². The predicted octanol–water partition coefficient (Wildman–Crippen LogP) is 3.95. The first-order valence-electron chi connectivity index (χ1n) is 11.1. The van der Waals surface area contributed by atoms with Gasteiger partial charge in [-0.1, -0.05) is 24.3 Å². The number of rotatable bonds is 8. The lowest BCUT2D eigenvalue weighted by Gasteiger charge is -2.27. The second-order valence-corrected chi connectivity index (χ2v) is 10.4. The molecule has 4 N–H and O–H groups in total. The average molecular weight is 461 g/mol. The summed E-state index contributed by atoms with van der Waals surface area (Å²) in [4.78, 5) is 17.9. The van der Waals surface area contributed by atoms with Crippen LogP contribution in [0.5, 0.6) is 11.5 Å². The standard InChI is InChI=1S/C24H32NO6P/c1-29-22-3-2-4-23(13-22)30-15-17-5-6-19-12-20(8-7-18(19)11-17)21-9-10-24(25,14-21)16-31-32(26,27)28/h2-4,7-8,12-13,17,21H,5-6,9-11,14-16,25H2,1H3,(H2,26,27,28)/t17-,21+,24-/m1/s1. The lowest BCUT2D eigenvalue weighted by molar-refractivity contribution is 0.153. The van der Waals surface area contributed by atoms with Crippen molar-refractivity contribution in [2.75, 3.05) is 20.3 Å². The Morgan fingerprint density at radius 2 is 1.94 bits per heavy atom. The molecule has 8 heteroatoms. The SMILES string of the molecule is COc1cccc(OC[C@@H]2CCc3cc([C@H]4CC[C@](N)(COP(=O)(O)O)C4)ccc3C2)c1. The number of phosphoric ester groups is 1. The van der Waals surface area contributed by atoms with Crippen molar-refractivity contribution < 1.29 is 28.3 Å². The summed E-state index contributed by atoms with van der Waals surface area (Å²) in [5.74, 6) is 2.40. The van der Waals surface area contributed by atoms with E-state index in [1.54, 1.807) is 7.11 Å². The monoisotopic (exact) mass is 461 g/mol. The molecular weight excluding hydrogens is 429 g/mol. The molecule has 0 radical (unpaired) electrons. The minimum atomic E-state index is -4.50. The van der Waals surface area contributed by atoms with Gasteiger partial charge in [-0.25, -0.2) is 4.57 Å². The number of hydrogen-bond donors (Lipinski definition) is 3. The number of phosphoric acid groups is 1. The smallest absolute Gasteiger partial charge is 0.469 e. The molecule has 0 unspecified atom stereocenters. The van der Waals surface area contributed by atoms with Crippen LogP contribution in [0.4, 0.5) is 0 Å². The van der Waals surface area contributed by atoms with E-state index < -0.39 is 13.4 Å². The number of nitrogens with two attached hydrogens (primary N) is 1. The molecule has 2 aliphatic carbocycles. The highest BCUT2D eigenvalue weighted by Crippen LogP contribution is 2.44. The number of benzene rings is 2. The molecule has 0 saturated heterocycles. The Hall–Kier alpha value is -1.89. The molecule has 4 rings (SSSR count). The fraction of sp³-hybridized carbons (Fsp3) is 0.500. The van der Waals surface area contributed by atoms with Crippen molar-refractivity contribution in [3.63, 3.8) is 0 Å². The molecule has 32 heavy (non-hydrogen) atoms. The van der Waals surface area contributed by atoms with E-state index in [9.17, 15) is 4.57 Å². The van der Waals surface area contributed by atoms with Gasteiger partial charge in [0.25, 0.3) is 0 Å². The highest BCUT2D eigenvalue weighted by atomic mass is 31.2. The van der Waals surface area contributed by atoms with Gasteiger partial charge in [0.1, 0.15) is 11.5 Å². The van der Waals surface area contributed by atoms with E-state index in [4.69, 9.17) is 29.5 Å². The van der Waals surface area contributed by atoms with Gasteiger partial charge in [0.15, 0.2) is 0 Å². The van der Waals surface area contributed by atoms with E-state index in [2.05, 4.69) is 18.2 Å². The zero-order valence-electron chi connectivity index (χ0n) is 18.4. The van der Waals surface area contributed by atoms with Gasteiger partial charge in [0.2, 0.25) is 0 Å². The topological polar surface area (TPSA) is 111 Å². The van der Waals surface area contributed by atoms with Crippen LogP contribution in [0.2, 0.25) is 0 Å². The zero-order chi connectivity index (χ0) is 22.8. The molecule has 7 nitrogen and oxygen atoms in total. The second kappa shape index (κ2) is 9.54. The molecule has 1 saturated carbocycles. The Morgan fingerprint density at radius 3 is 2.72 bits per heavy atom. The van der Waals surface area contributed by atoms with Gasteiger partial charge >= 0.3 is 7.82 Å². The minimum Gasteiger partial charge on any atom is -0.497 e. The van der Waals surface area contributed by atoms with E-state index in [1.807, 2.05) is 24.3 Å². The lowest BCUT2D eigenvalue weighted by Crippen LogP contribution is -2.41. The fourth-order valence-corrected chi connectivity index (χ4v) is 5.36. The summed E-state index contributed by atoms with van der Waals surface area (Å²) in [6, 6.07) is 14.4. The first-order chi connectivity index (χ1) is 15.2. The Morgan fingerprint density at radius 1 is 1.12 bits per heavy atom. The summed E-state index contributed by atoms with van der Waals surface area (Å²) >= 11 is 0. The molecule has 0 heterocycles. The van der Waals surface area contributed by atoms with E-state index in [1.165, 1.54) is 16.7 Å². The highest BCUT2D eigenvalue weighted by Gasteiger charge is 2.38. The molecule has 0 spiro atoms. The maximum Gasteiger partial charge on any atom is 0.469 e. The van der Waals surface area contributed by atoms with E-state index in [0.717, 1.165) is 37.2 Å². The third-order valence-corrected chi connectivity index (χ3v) is 7.19. The van der Waals surface area contributed by atoms with Crippen molar-refractivity contribution in [2.24, 2.45) is 11.7 Å². The number of methoxy groups -OCH3 is 1. The summed E-state index contributed by atoms with van der Waals surface area (Å²) in [6.07, 6.45) is 5.37. The highest BCUT2D eigenvalue weighted by molar-refractivity contribution is 7.46. The minimum absolute atomic E-state index is 0.117. The molecular formula is C24H32NO6P. The number of hydrogen-bond acceptors (Lipinski definition) is 5. The van der Waals surface area contributed by atoms with Gasteiger partial charge in [0.05, 0.1) is 20.3 Å². The van der Waals surface area contributed by atoms with Gasteiger partial charge in [-0.2, -0.15) is 0 Å². The van der Waals surface area contributed by atoms with Crippen LogP contribution in [0.25, 0.3) is 0 Å². The van der Waals surface area contributed by atoms with Crippen LogP contribution in [0, 0.1) is 5.92 Å². The molecule has 3 atom stereocenters. The summed E-state index contributed by atoms with van der Waals surface area (Å²) in [5.41, 5.74) is 9.70. The maximum atomic E-state index is 11.0. The third kappa shape index (κ3) is 5.91. The summed E-state index contributed by atoms with van der Waals surface area (Å²) < 4.78 is 27.0. The largest absolute Gasteiger partial charge is 0.497 e. The van der Waals surface area contributed by atoms with Gasteiger partial charge in [-0.3, -0.25) is 4.52 Å². The van der Waals surface area contributed by atoms with Crippen molar-refractivity contribution in [2.45, 2.75) is 50.0 Å². The molecule has 0 aliphatic heterocycles. The predicted molar refractivity (Wildman–Crippen MR) is 122 cm³/mol. The van der Waals surface area contributed by atoms with Gasteiger partial charge in [-0.15, -0.1) is 0 Å². The normalized spacial score (nSPS) is 25.4. The maximum absolute atomic E-state index is 11.0. The molecule has 1 fully saturated rings. The van der Waals surface area contributed by atoms with Crippen LogP contribution >= 0.6 is 7.82 Å². The van der Waals surface area contributed by atoms with Crippen LogP contribution in [0.1, 0.15) is 48.3 Å². The molecule has 0 bridgehead atoms. The Kier molecular flexibility index (Phi) is 6.94. The number of aryl methyl sites for hydroxylation is 1. The Bertz CT molecular complexity index is 992.